The van der Waals surface area contributed by atoms with Crippen LogP contribution >= 0.6 is 0 Å². The van der Waals surface area contributed by atoms with Crippen molar-refractivity contribution < 1.29 is 14.6 Å². The van der Waals surface area contributed by atoms with Crippen LogP contribution in [0, 0.1) is 5.92 Å². The summed E-state index contributed by atoms with van der Waals surface area (Å²) >= 11 is 0. The maximum atomic E-state index is 10.9. The Kier molecular flexibility index (Phi) is 5.33. The van der Waals surface area contributed by atoms with E-state index in [1.165, 1.54) is 44.2 Å². The highest BCUT2D eigenvalue weighted by Crippen LogP contribution is 2.25. The summed E-state index contributed by atoms with van der Waals surface area (Å²) in [4.78, 5) is 19.4. The highest BCUT2D eigenvalue weighted by Gasteiger charge is 2.15. The topological polar surface area (TPSA) is 110 Å². The predicted molar refractivity (Wildman–Crippen MR) is 95.2 cm³/mol. The second kappa shape index (κ2) is 7.83. The van der Waals surface area contributed by atoms with E-state index in [4.69, 9.17) is 15.6 Å². The van der Waals surface area contributed by atoms with Gasteiger partial charge in [0, 0.05) is 11.8 Å². The highest BCUT2D eigenvalue weighted by atomic mass is 16.5. The number of carboxylic acids is 1. The van der Waals surface area contributed by atoms with E-state index in [0.717, 1.165) is 0 Å². The monoisotopic (exact) mass is 342 g/mol. The number of carbonyl (C=O) groups is 1. The average Bonchev–Trinajstić information content (AvgIpc) is 2.61. The second-order valence-electron chi connectivity index (χ2n) is 6.28. The van der Waals surface area contributed by atoms with Gasteiger partial charge in [0.2, 0.25) is 11.8 Å². The van der Waals surface area contributed by atoms with E-state index in [9.17, 15) is 4.79 Å². The number of carboxylic acid groups (broad SMARTS) is 1. The molecule has 0 saturated heterocycles. The minimum absolute atomic E-state index is 0.218. The van der Waals surface area contributed by atoms with Crippen LogP contribution in [0.2, 0.25) is 0 Å². The molecule has 7 heteroatoms. The lowest BCUT2D eigenvalue weighted by Gasteiger charge is -2.21. The summed E-state index contributed by atoms with van der Waals surface area (Å²) in [6.07, 6.45) is 6.23. The number of rotatable bonds is 6. The Morgan fingerprint density at radius 2 is 1.92 bits per heavy atom. The zero-order chi connectivity index (χ0) is 17.6. The molecule has 0 spiro atoms. The Bertz CT molecular complexity index is 728. The van der Waals surface area contributed by atoms with Gasteiger partial charge in [-0.25, -0.2) is 4.79 Å². The molecule has 2 aromatic rings. The van der Waals surface area contributed by atoms with Crippen LogP contribution in [0.5, 0.6) is 5.88 Å². The Morgan fingerprint density at radius 1 is 1.20 bits per heavy atom. The molecule has 0 aliphatic heterocycles. The lowest BCUT2D eigenvalue weighted by molar-refractivity contribution is 0.0697. The Labute approximate surface area is 146 Å². The molecule has 3 rings (SSSR count). The molecule has 1 aliphatic carbocycles. The molecule has 1 fully saturated rings. The lowest BCUT2D eigenvalue weighted by atomic mass is 9.90. The van der Waals surface area contributed by atoms with Gasteiger partial charge in [-0.05, 0) is 43.0 Å². The van der Waals surface area contributed by atoms with Crippen LogP contribution in [0.25, 0.3) is 0 Å². The van der Waals surface area contributed by atoms with Crippen LogP contribution in [0.1, 0.15) is 42.5 Å². The van der Waals surface area contributed by atoms with Gasteiger partial charge in [0.1, 0.15) is 5.82 Å². The van der Waals surface area contributed by atoms with Crippen molar-refractivity contribution in [3.8, 4) is 5.88 Å². The maximum Gasteiger partial charge on any atom is 0.335 e. The summed E-state index contributed by atoms with van der Waals surface area (Å²) in [5, 5.41) is 11.9. The molecule has 1 aliphatic rings. The summed E-state index contributed by atoms with van der Waals surface area (Å²) in [7, 11) is 0. The molecule has 7 nitrogen and oxygen atoms in total. The molecule has 1 heterocycles. The standard InChI is InChI=1S/C18H22N4O3/c19-15-10-16(25-11-12-4-2-1-3-5-12)22-18(21-15)20-14-8-6-13(7-9-14)17(23)24/h6-10,12H,1-5,11H2,(H,23,24)(H3,19,20,21,22). The molecule has 0 unspecified atom stereocenters. The third kappa shape index (κ3) is 4.82. The molecule has 25 heavy (non-hydrogen) atoms. The molecular weight excluding hydrogens is 320 g/mol. The number of nitrogens with zero attached hydrogens (tertiary/aromatic N) is 2. The van der Waals surface area contributed by atoms with Gasteiger partial charge in [0.15, 0.2) is 0 Å². The lowest BCUT2D eigenvalue weighted by Crippen LogP contribution is -2.16. The quantitative estimate of drug-likeness (QED) is 0.737. The fourth-order valence-electron chi connectivity index (χ4n) is 2.95. The first-order chi connectivity index (χ1) is 12.1. The summed E-state index contributed by atoms with van der Waals surface area (Å²) in [6.45, 7) is 0.642. The zero-order valence-electron chi connectivity index (χ0n) is 13.9. The maximum absolute atomic E-state index is 10.9. The van der Waals surface area contributed by atoms with E-state index in [1.54, 1.807) is 18.2 Å². The first-order valence-electron chi connectivity index (χ1n) is 8.48. The Morgan fingerprint density at radius 3 is 2.60 bits per heavy atom. The summed E-state index contributed by atoms with van der Waals surface area (Å²) < 4.78 is 5.81. The molecule has 1 saturated carbocycles. The minimum Gasteiger partial charge on any atom is -0.478 e. The van der Waals surface area contributed by atoms with Crippen molar-refractivity contribution in [3.05, 3.63) is 35.9 Å². The van der Waals surface area contributed by atoms with Gasteiger partial charge in [-0.1, -0.05) is 19.3 Å². The summed E-state index contributed by atoms with van der Waals surface area (Å²) in [5.41, 5.74) is 6.73. The number of aromatic carboxylic acids is 1. The Hall–Kier alpha value is -2.83. The molecule has 0 amide bonds. The smallest absolute Gasteiger partial charge is 0.335 e. The van der Waals surface area contributed by atoms with E-state index in [-0.39, 0.29) is 5.56 Å². The van der Waals surface area contributed by atoms with E-state index >= 15 is 0 Å². The third-order valence-electron chi connectivity index (χ3n) is 4.30. The van der Waals surface area contributed by atoms with Crippen LogP contribution in [0.15, 0.2) is 30.3 Å². The van der Waals surface area contributed by atoms with Crippen molar-refractivity contribution in [1.29, 1.82) is 0 Å². The van der Waals surface area contributed by atoms with Crippen LogP contribution in [-0.2, 0) is 0 Å². The fourth-order valence-corrected chi connectivity index (χ4v) is 2.95. The number of nitrogens with two attached hydrogens (primary N) is 1. The van der Waals surface area contributed by atoms with Crippen molar-refractivity contribution >= 4 is 23.4 Å². The van der Waals surface area contributed by atoms with E-state index in [0.29, 0.717) is 35.9 Å². The van der Waals surface area contributed by atoms with Gasteiger partial charge >= 0.3 is 5.97 Å². The highest BCUT2D eigenvalue weighted by molar-refractivity contribution is 5.88. The second-order valence-corrected chi connectivity index (χ2v) is 6.28. The van der Waals surface area contributed by atoms with E-state index in [2.05, 4.69) is 15.3 Å². The van der Waals surface area contributed by atoms with Crippen LogP contribution in [-0.4, -0.2) is 27.7 Å². The SMILES string of the molecule is Nc1cc(OCC2CCCCC2)nc(Nc2ccc(C(=O)O)cc2)n1. The van der Waals surface area contributed by atoms with Crippen LogP contribution < -0.4 is 15.8 Å². The number of aromatic nitrogens is 2. The van der Waals surface area contributed by atoms with Gasteiger partial charge in [0.05, 0.1) is 12.2 Å². The van der Waals surface area contributed by atoms with Gasteiger partial charge < -0.3 is 20.9 Å². The van der Waals surface area contributed by atoms with Crippen molar-refractivity contribution in [2.75, 3.05) is 17.7 Å². The number of benzene rings is 1. The van der Waals surface area contributed by atoms with Crippen molar-refractivity contribution in [3.63, 3.8) is 0 Å². The number of anilines is 3. The number of nitrogen functional groups attached to an aromatic ring is 1. The average molecular weight is 342 g/mol. The van der Waals surface area contributed by atoms with Crippen molar-refractivity contribution in [2.45, 2.75) is 32.1 Å². The summed E-state index contributed by atoms with van der Waals surface area (Å²) in [5.74, 6) is 0.692. The molecule has 0 bridgehead atoms. The van der Waals surface area contributed by atoms with E-state index in [1.807, 2.05) is 0 Å². The van der Waals surface area contributed by atoms with Gasteiger partial charge in [-0.3, -0.25) is 0 Å². The molecule has 0 radical (unpaired) electrons. The van der Waals surface area contributed by atoms with Crippen LogP contribution in [0.4, 0.5) is 17.5 Å². The third-order valence-corrected chi connectivity index (χ3v) is 4.30. The van der Waals surface area contributed by atoms with Gasteiger partial charge in [0.25, 0.3) is 0 Å². The Balaban J connectivity index is 1.65. The largest absolute Gasteiger partial charge is 0.478 e. The first-order valence-corrected chi connectivity index (χ1v) is 8.48. The molecule has 4 N–H and O–H groups in total. The number of ether oxygens (including phenoxy) is 1. The number of nitrogens with one attached hydrogen (secondary N) is 1. The van der Waals surface area contributed by atoms with Gasteiger partial charge in [-0.15, -0.1) is 0 Å². The first kappa shape index (κ1) is 17.0. The summed E-state index contributed by atoms with van der Waals surface area (Å²) in [6, 6.07) is 7.94. The predicted octanol–water partition coefficient (Wildman–Crippen LogP) is 3.46. The zero-order valence-corrected chi connectivity index (χ0v) is 13.9. The molecule has 1 aromatic carbocycles. The number of hydrogen-bond donors (Lipinski definition) is 3. The van der Waals surface area contributed by atoms with Crippen LogP contribution in [0.3, 0.4) is 0 Å². The molecule has 132 valence electrons. The minimum atomic E-state index is -0.967. The molecule has 1 aromatic heterocycles. The van der Waals surface area contributed by atoms with Crippen molar-refractivity contribution in [2.24, 2.45) is 5.92 Å². The van der Waals surface area contributed by atoms with Crippen molar-refractivity contribution in [1.82, 2.24) is 9.97 Å². The molecular formula is C18H22N4O3. The normalized spacial score (nSPS) is 14.9. The van der Waals surface area contributed by atoms with Gasteiger partial charge in [-0.2, -0.15) is 9.97 Å². The fraction of sp³-hybridized carbons (Fsp3) is 0.389. The number of hydrogen-bond acceptors (Lipinski definition) is 6. The molecule has 0 atom stereocenters. The van der Waals surface area contributed by atoms with E-state index < -0.39 is 5.97 Å².